The van der Waals surface area contributed by atoms with Crippen LogP contribution in [0.5, 0.6) is 6.08 Å². The number of benzene rings is 1. The molecule has 0 radical (unpaired) electrons. The Morgan fingerprint density at radius 3 is 2.43 bits per heavy atom. The fraction of sp³-hybridized carbons (Fsp3) is 0.536. The summed E-state index contributed by atoms with van der Waals surface area (Å²) in [5, 5.41) is 10.5. The molecule has 0 spiro atoms. The van der Waals surface area contributed by atoms with E-state index in [9.17, 15) is 35.9 Å². The van der Waals surface area contributed by atoms with Gasteiger partial charge in [0.2, 0.25) is 5.89 Å². The van der Waals surface area contributed by atoms with Crippen molar-refractivity contribution in [1.29, 1.82) is 0 Å². The molecule has 3 rings (SSSR count). The van der Waals surface area contributed by atoms with Crippen molar-refractivity contribution in [1.82, 2.24) is 25.4 Å². The quantitative estimate of drug-likeness (QED) is 0.151. The Hall–Kier alpha value is -3.80. The molecule has 1 aromatic carbocycles. The van der Waals surface area contributed by atoms with E-state index in [4.69, 9.17) is 13.9 Å². The molecular weight excluding hydrogens is 648 g/mol. The van der Waals surface area contributed by atoms with E-state index in [2.05, 4.69) is 25.2 Å². The number of carbonyl (C=O) groups is 2. The van der Waals surface area contributed by atoms with Crippen LogP contribution in [0.25, 0.3) is 10.9 Å². The van der Waals surface area contributed by atoms with Gasteiger partial charge in [-0.05, 0) is 69.9 Å². The van der Waals surface area contributed by atoms with Crippen LogP contribution in [0.15, 0.2) is 34.7 Å². The van der Waals surface area contributed by atoms with Crippen molar-refractivity contribution in [3.63, 3.8) is 0 Å². The van der Waals surface area contributed by atoms with E-state index in [1.54, 1.807) is 32.5 Å². The summed E-state index contributed by atoms with van der Waals surface area (Å²) < 4.78 is 95.7. The minimum atomic E-state index is -4.83. The number of pyridine rings is 1. The van der Waals surface area contributed by atoms with Gasteiger partial charge in [-0.3, -0.25) is 14.4 Å². The van der Waals surface area contributed by atoms with Crippen LogP contribution in [0.1, 0.15) is 61.6 Å². The minimum absolute atomic E-state index is 0.0548. The third kappa shape index (κ3) is 11.5. The van der Waals surface area contributed by atoms with Gasteiger partial charge in [-0.15, -0.1) is 18.3 Å². The summed E-state index contributed by atoms with van der Waals surface area (Å²) in [7, 11) is 0. The van der Waals surface area contributed by atoms with Gasteiger partial charge in [0.15, 0.2) is 0 Å². The Kier molecular flexibility index (Phi) is 12.5. The van der Waals surface area contributed by atoms with Crippen LogP contribution in [-0.4, -0.2) is 82.4 Å². The first-order valence-corrected chi connectivity index (χ1v) is 15.3. The van der Waals surface area contributed by atoms with Gasteiger partial charge in [-0.25, -0.2) is 9.78 Å². The summed E-state index contributed by atoms with van der Waals surface area (Å²) in [6.45, 7) is 3.44. The third-order valence-corrected chi connectivity index (χ3v) is 6.70. The summed E-state index contributed by atoms with van der Waals surface area (Å²) >= 11 is 1.56. The lowest BCUT2D eigenvalue weighted by Gasteiger charge is -2.32. The van der Waals surface area contributed by atoms with Crippen molar-refractivity contribution < 1.29 is 54.6 Å². The van der Waals surface area contributed by atoms with Gasteiger partial charge in [0.1, 0.15) is 23.9 Å². The molecule has 0 aliphatic heterocycles. The number of thioether (sulfide) groups is 1. The zero-order valence-corrected chi connectivity index (χ0v) is 26.1. The fourth-order valence-electron chi connectivity index (χ4n) is 4.04. The highest BCUT2D eigenvalue weighted by atomic mass is 32.2. The lowest BCUT2D eigenvalue weighted by Crippen LogP contribution is -2.43. The van der Waals surface area contributed by atoms with E-state index in [1.807, 2.05) is 6.26 Å². The second-order valence-electron chi connectivity index (χ2n) is 10.7. The molecule has 254 valence electrons. The van der Waals surface area contributed by atoms with Gasteiger partial charge in [-0.2, -0.15) is 24.9 Å². The number of carbonyl (C=O) groups excluding carboxylic acids is 2. The molecule has 2 amide bonds. The molecule has 0 aliphatic rings. The molecule has 2 heterocycles. The second-order valence-corrected chi connectivity index (χ2v) is 11.7. The number of alkyl halides is 6. The minimum Gasteiger partial charge on any atom is -0.447 e. The first-order chi connectivity index (χ1) is 21.5. The lowest BCUT2D eigenvalue weighted by molar-refractivity contribution is -0.325. The molecule has 11 nitrogen and oxygen atoms in total. The van der Waals surface area contributed by atoms with Crippen LogP contribution < -0.4 is 10.1 Å². The highest BCUT2D eigenvalue weighted by Gasteiger charge is 2.34. The van der Waals surface area contributed by atoms with E-state index in [1.165, 1.54) is 23.1 Å². The molecule has 0 unspecified atom stereocenters. The number of halogens is 6. The van der Waals surface area contributed by atoms with Gasteiger partial charge in [0.05, 0.1) is 17.7 Å². The number of nitrogens with one attached hydrogen (secondary N) is 1. The van der Waals surface area contributed by atoms with Crippen LogP contribution in [0, 0.1) is 0 Å². The standard InChI is InChI=1S/C28H33F6N5O6S/c1-26(2,3)45-25(41)39(21(6-5-15-46-4)23-37-38-24(44-23)42-13-14-43-28(32,33)34)12-11-35-22(40)20-9-7-17-16-18(27(29,30)31)8-10-19(17)36-20/h7-10,16,21H,5-6,11-15H2,1-4H3,(H,35,40)/t21-/m1/s1. The molecule has 3 aromatic rings. The summed E-state index contributed by atoms with van der Waals surface area (Å²) in [5.41, 5.74) is -1.61. The van der Waals surface area contributed by atoms with Gasteiger partial charge < -0.3 is 19.2 Å². The molecule has 0 fully saturated rings. The maximum atomic E-state index is 13.4. The average Bonchev–Trinajstić information content (AvgIpc) is 3.42. The summed E-state index contributed by atoms with van der Waals surface area (Å²) in [6, 6.07) is 4.75. The molecule has 0 aliphatic carbocycles. The van der Waals surface area contributed by atoms with E-state index in [0.717, 1.165) is 12.1 Å². The zero-order chi connectivity index (χ0) is 34.1. The van der Waals surface area contributed by atoms with Crippen LogP contribution in [0.3, 0.4) is 0 Å². The smallest absolute Gasteiger partial charge is 0.447 e. The number of amides is 2. The van der Waals surface area contributed by atoms with E-state index in [-0.39, 0.29) is 35.6 Å². The molecule has 2 aromatic heterocycles. The van der Waals surface area contributed by atoms with Gasteiger partial charge in [0.25, 0.3) is 5.91 Å². The number of hydrogen-bond acceptors (Lipinski definition) is 10. The first kappa shape index (κ1) is 36.7. The van der Waals surface area contributed by atoms with E-state index < -0.39 is 61.0 Å². The summed E-state index contributed by atoms with van der Waals surface area (Å²) in [6.07, 6.45) is -7.75. The average molecular weight is 682 g/mol. The topological polar surface area (TPSA) is 129 Å². The molecule has 1 atom stereocenters. The highest BCUT2D eigenvalue weighted by Crippen LogP contribution is 2.31. The monoisotopic (exact) mass is 681 g/mol. The van der Waals surface area contributed by atoms with Crippen LogP contribution in [0.2, 0.25) is 0 Å². The number of aromatic nitrogens is 3. The Bertz CT molecular complexity index is 1460. The first-order valence-electron chi connectivity index (χ1n) is 13.9. The Morgan fingerprint density at radius 1 is 1.04 bits per heavy atom. The van der Waals surface area contributed by atoms with Gasteiger partial charge in [0, 0.05) is 18.5 Å². The Balaban J connectivity index is 1.76. The normalized spacial score (nSPS) is 13.0. The Labute approximate surface area is 264 Å². The van der Waals surface area contributed by atoms with Crippen LogP contribution >= 0.6 is 11.8 Å². The predicted molar refractivity (Wildman–Crippen MR) is 154 cm³/mol. The molecule has 0 saturated heterocycles. The van der Waals surface area contributed by atoms with Crippen LogP contribution in [0.4, 0.5) is 31.1 Å². The largest absolute Gasteiger partial charge is 0.522 e. The molecule has 18 heteroatoms. The Morgan fingerprint density at radius 2 is 1.78 bits per heavy atom. The maximum absolute atomic E-state index is 13.4. The van der Waals surface area contributed by atoms with E-state index >= 15 is 0 Å². The molecular formula is C28H33F6N5O6S. The van der Waals surface area contributed by atoms with Crippen molar-refractivity contribution >= 4 is 34.7 Å². The zero-order valence-electron chi connectivity index (χ0n) is 25.3. The van der Waals surface area contributed by atoms with Crippen molar-refractivity contribution in [2.45, 2.75) is 57.8 Å². The number of fused-ring (bicyclic) bond motifs is 1. The van der Waals surface area contributed by atoms with Gasteiger partial charge in [-0.1, -0.05) is 11.2 Å². The van der Waals surface area contributed by atoms with Crippen molar-refractivity contribution in [3.8, 4) is 6.08 Å². The number of rotatable bonds is 14. The van der Waals surface area contributed by atoms with E-state index in [0.29, 0.717) is 18.6 Å². The number of ether oxygens (including phenoxy) is 3. The second kappa shape index (κ2) is 15.7. The number of nitrogens with zero attached hydrogens (tertiary/aromatic N) is 4. The van der Waals surface area contributed by atoms with Crippen molar-refractivity contribution in [2.24, 2.45) is 0 Å². The molecule has 1 N–H and O–H groups in total. The third-order valence-electron chi connectivity index (χ3n) is 6.00. The summed E-state index contributed by atoms with van der Waals surface area (Å²) in [4.78, 5) is 31.7. The SMILES string of the molecule is CSCCC[C@H](c1nnc(OCCOC(F)(F)F)o1)N(CCNC(=O)c1ccc2cc(C(F)(F)F)ccc2n1)C(=O)OC(C)(C)C. The van der Waals surface area contributed by atoms with Crippen LogP contribution in [-0.2, 0) is 15.7 Å². The highest BCUT2D eigenvalue weighted by molar-refractivity contribution is 7.98. The molecule has 0 saturated carbocycles. The van der Waals surface area contributed by atoms with Crippen molar-refractivity contribution in [2.75, 3.05) is 38.3 Å². The van der Waals surface area contributed by atoms with Gasteiger partial charge >= 0.3 is 24.7 Å². The predicted octanol–water partition coefficient (Wildman–Crippen LogP) is 6.40. The number of hydrogen-bond donors (Lipinski definition) is 1. The van der Waals surface area contributed by atoms with Crippen molar-refractivity contribution in [3.05, 3.63) is 47.5 Å². The molecule has 0 bridgehead atoms. The maximum Gasteiger partial charge on any atom is 0.522 e. The molecule has 46 heavy (non-hydrogen) atoms. The fourth-order valence-corrected chi connectivity index (χ4v) is 4.49. The summed E-state index contributed by atoms with van der Waals surface area (Å²) in [5.74, 6) is -0.00128. The lowest BCUT2D eigenvalue weighted by atomic mass is 10.1.